The van der Waals surface area contributed by atoms with E-state index in [1.807, 2.05) is 12.1 Å². The number of nitrogens with one attached hydrogen (secondary N) is 1. The summed E-state index contributed by atoms with van der Waals surface area (Å²) in [6, 6.07) is 6.15. The molecular formula is C14H21NO3. The molecule has 3 N–H and O–H groups in total. The zero-order valence-corrected chi connectivity index (χ0v) is 10.9. The highest BCUT2D eigenvalue weighted by Gasteiger charge is 2.31. The van der Waals surface area contributed by atoms with Crippen molar-refractivity contribution in [3.8, 4) is 5.75 Å². The Morgan fingerprint density at radius 3 is 2.94 bits per heavy atom. The number of hydrogen-bond acceptors (Lipinski definition) is 4. The van der Waals surface area contributed by atoms with Crippen LogP contribution in [0.25, 0.3) is 0 Å². The summed E-state index contributed by atoms with van der Waals surface area (Å²) >= 11 is 0. The summed E-state index contributed by atoms with van der Waals surface area (Å²) in [7, 11) is 0. The van der Waals surface area contributed by atoms with Crippen LogP contribution in [0.5, 0.6) is 5.75 Å². The standard InChI is InChI=1S/C14H21NO3/c1-14(2)6-10-4-3-5-11(13(10)18-14)7-15-8-12(17)9-16/h3-5,12,15-17H,6-9H2,1-2H3. The summed E-state index contributed by atoms with van der Waals surface area (Å²) in [6.45, 7) is 4.96. The Morgan fingerprint density at radius 2 is 2.22 bits per heavy atom. The van der Waals surface area contributed by atoms with Gasteiger partial charge in [0.2, 0.25) is 0 Å². The molecule has 100 valence electrons. The van der Waals surface area contributed by atoms with E-state index in [0.717, 1.165) is 17.7 Å². The summed E-state index contributed by atoms with van der Waals surface area (Å²) in [4.78, 5) is 0. The van der Waals surface area contributed by atoms with Crippen LogP contribution in [0, 0.1) is 0 Å². The van der Waals surface area contributed by atoms with Crippen LogP contribution >= 0.6 is 0 Å². The Balaban J connectivity index is 2.01. The summed E-state index contributed by atoms with van der Waals surface area (Å²) in [5.74, 6) is 0.966. The Hall–Kier alpha value is -1.10. The number of benzene rings is 1. The molecular weight excluding hydrogens is 230 g/mol. The molecule has 0 saturated heterocycles. The molecule has 1 aromatic rings. The van der Waals surface area contributed by atoms with Crippen molar-refractivity contribution < 1.29 is 14.9 Å². The highest BCUT2D eigenvalue weighted by atomic mass is 16.5. The lowest BCUT2D eigenvalue weighted by Crippen LogP contribution is -2.29. The largest absolute Gasteiger partial charge is 0.487 e. The Kier molecular flexibility index (Phi) is 3.90. The van der Waals surface area contributed by atoms with E-state index < -0.39 is 6.10 Å². The van der Waals surface area contributed by atoms with Gasteiger partial charge < -0.3 is 20.3 Å². The van der Waals surface area contributed by atoms with Crippen LogP contribution in [0.2, 0.25) is 0 Å². The highest BCUT2D eigenvalue weighted by molar-refractivity contribution is 5.45. The van der Waals surface area contributed by atoms with Gasteiger partial charge in [-0.25, -0.2) is 0 Å². The van der Waals surface area contributed by atoms with E-state index in [9.17, 15) is 5.11 Å². The number of fused-ring (bicyclic) bond motifs is 1. The van der Waals surface area contributed by atoms with Gasteiger partial charge in [0.15, 0.2) is 0 Å². The van der Waals surface area contributed by atoms with Crippen molar-refractivity contribution >= 4 is 0 Å². The number of hydrogen-bond donors (Lipinski definition) is 3. The minimum absolute atomic E-state index is 0.136. The predicted molar refractivity (Wildman–Crippen MR) is 69.7 cm³/mol. The Labute approximate surface area is 108 Å². The molecule has 0 spiro atoms. The van der Waals surface area contributed by atoms with E-state index >= 15 is 0 Å². The van der Waals surface area contributed by atoms with E-state index in [1.165, 1.54) is 5.56 Å². The normalized spacial score (nSPS) is 18.2. The first-order chi connectivity index (χ1) is 8.52. The van der Waals surface area contributed by atoms with E-state index in [1.54, 1.807) is 0 Å². The Morgan fingerprint density at radius 1 is 1.44 bits per heavy atom. The molecule has 0 aliphatic carbocycles. The number of para-hydroxylation sites is 1. The maximum Gasteiger partial charge on any atom is 0.127 e. The average molecular weight is 251 g/mol. The van der Waals surface area contributed by atoms with Gasteiger partial charge in [0, 0.05) is 25.1 Å². The van der Waals surface area contributed by atoms with Crippen molar-refractivity contribution in [3.05, 3.63) is 29.3 Å². The van der Waals surface area contributed by atoms with Gasteiger partial charge >= 0.3 is 0 Å². The molecule has 1 heterocycles. The molecule has 4 nitrogen and oxygen atoms in total. The maximum absolute atomic E-state index is 9.27. The summed E-state index contributed by atoms with van der Waals surface area (Å²) in [6.07, 6.45) is 0.217. The van der Waals surface area contributed by atoms with Crippen molar-refractivity contribution in [2.45, 2.75) is 38.5 Å². The number of rotatable bonds is 5. The smallest absolute Gasteiger partial charge is 0.127 e. The van der Waals surface area contributed by atoms with Crippen LogP contribution in [0.1, 0.15) is 25.0 Å². The molecule has 0 radical (unpaired) electrons. The lowest BCUT2D eigenvalue weighted by atomic mass is 10.0. The number of ether oxygens (including phenoxy) is 1. The van der Waals surface area contributed by atoms with E-state index in [2.05, 4.69) is 25.2 Å². The van der Waals surface area contributed by atoms with Gasteiger partial charge in [-0.15, -0.1) is 0 Å². The lowest BCUT2D eigenvalue weighted by Gasteiger charge is -2.18. The average Bonchev–Trinajstić information content (AvgIpc) is 2.63. The third-order valence-corrected chi connectivity index (χ3v) is 3.08. The molecule has 1 aliphatic heterocycles. The fourth-order valence-electron chi connectivity index (χ4n) is 2.26. The molecule has 0 aromatic heterocycles. The van der Waals surface area contributed by atoms with Crippen LogP contribution < -0.4 is 10.1 Å². The third kappa shape index (κ3) is 3.02. The zero-order valence-electron chi connectivity index (χ0n) is 10.9. The van der Waals surface area contributed by atoms with Crippen molar-refractivity contribution in [3.63, 3.8) is 0 Å². The minimum atomic E-state index is -0.709. The first-order valence-electron chi connectivity index (χ1n) is 6.31. The van der Waals surface area contributed by atoms with Gasteiger partial charge in [0.05, 0.1) is 12.7 Å². The quantitative estimate of drug-likeness (QED) is 0.726. The van der Waals surface area contributed by atoms with Gasteiger partial charge in [-0.05, 0) is 19.4 Å². The monoisotopic (exact) mass is 251 g/mol. The number of aliphatic hydroxyl groups excluding tert-OH is 2. The summed E-state index contributed by atoms with van der Waals surface area (Å²) in [5, 5.41) is 21.1. The Bertz CT molecular complexity index is 418. The van der Waals surface area contributed by atoms with Crippen LogP contribution in [-0.4, -0.2) is 35.1 Å². The van der Waals surface area contributed by atoms with Gasteiger partial charge in [0.25, 0.3) is 0 Å². The molecule has 1 aliphatic rings. The van der Waals surface area contributed by atoms with Crippen LogP contribution in [0.15, 0.2) is 18.2 Å². The van der Waals surface area contributed by atoms with Crippen molar-refractivity contribution in [1.82, 2.24) is 5.32 Å². The summed E-state index contributed by atoms with van der Waals surface area (Å²) in [5.41, 5.74) is 2.20. The molecule has 2 rings (SSSR count). The minimum Gasteiger partial charge on any atom is -0.487 e. The molecule has 1 aromatic carbocycles. The van der Waals surface area contributed by atoms with Crippen LogP contribution in [0.4, 0.5) is 0 Å². The molecule has 0 saturated carbocycles. The van der Waals surface area contributed by atoms with Crippen molar-refractivity contribution in [2.24, 2.45) is 0 Å². The number of aliphatic hydroxyl groups is 2. The zero-order chi connectivity index (χ0) is 13.2. The fraction of sp³-hybridized carbons (Fsp3) is 0.571. The maximum atomic E-state index is 9.27. The first kappa shape index (κ1) is 13.3. The second-order valence-electron chi connectivity index (χ2n) is 5.41. The van der Waals surface area contributed by atoms with E-state index in [4.69, 9.17) is 9.84 Å². The van der Waals surface area contributed by atoms with Crippen LogP contribution in [0.3, 0.4) is 0 Å². The van der Waals surface area contributed by atoms with E-state index in [-0.39, 0.29) is 12.2 Å². The second kappa shape index (κ2) is 5.26. The van der Waals surface area contributed by atoms with Gasteiger partial charge in [-0.3, -0.25) is 0 Å². The lowest BCUT2D eigenvalue weighted by molar-refractivity contribution is 0.0939. The third-order valence-electron chi connectivity index (χ3n) is 3.08. The second-order valence-corrected chi connectivity index (χ2v) is 5.41. The molecule has 0 amide bonds. The van der Waals surface area contributed by atoms with Gasteiger partial charge in [-0.1, -0.05) is 18.2 Å². The van der Waals surface area contributed by atoms with Crippen LogP contribution in [-0.2, 0) is 13.0 Å². The topological polar surface area (TPSA) is 61.7 Å². The fourth-order valence-corrected chi connectivity index (χ4v) is 2.26. The predicted octanol–water partition coefficient (Wildman–Crippen LogP) is 0.843. The van der Waals surface area contributed by atoms with Gasteiger partial charge in [-0.2, -0.15) is 0 Å². The molecule has 1 unspecified atom stereocenters. The highest BCUT2D eigenvalue weighted by Crippen LogP contribution is 2.37. The molecule has 0 fully saturated rings. The van der Waals surface area contributed by atoms with Crippen molar-refractivity contribution in [2.75, 3.05) is 13.2 Å². The van der Waals surface area contributed by atoms with E-state index in [0.29, 0.717) is 13.1 Å². The molecule has 18 heavy (non-hydrogen) atoms. The van der Waals surface area contributed by atoms with Crippen molar-refractivity contribution in [1.29, 1.82) is 0 Å². The molecule has 0 bridgehead atoms. The summed E-state index contributed by atoms with van der Waals surface area (Å²) < 4.78 is 5.96. The van der Waals surface area contributed by atoms with Gasteiger partial charge in [0.1, 0.15) is 11.4 Å². The molecule has 4 heteroatoms. The molecule has 1 atom stereocenters. The first-order valence-corrected chi connectivity index (χ1v) is 6.31. The SMILES string of the molecule is CC1(C)Cc2cccc(CNCC(O)CO)c2O1.